The van der Waals surface area contributed by atoms with Crippen LogP contribution < -0.4 is 5.32 Å². The second kappa shape index (κ2) is 8.15. The lowest BCUT2D eigenvalue weighted by Crippen LogP contribution is -2.19. The largest absolute Gasteiger partial charge is 0.296 e. The number of aryl methyl sites for hydroxylation is 1. The molecule has 0 bridgehead atoms. The summed E-state index contributed by atoms with van der Waals surface area (Å²) < 4.78 is 0. The summed E-state index contributed by atoms with van der Waals surface area (Å²) in [5, 5.41) is 3.57. The fourth-order valence-corrected chi connectivity index (χ4v) is 2.50. The van der Waals surface area contributed by atoms with E-state index in [2.05, 4.69) is 72.6 Å². The molecule has 0 spiro atoms. The molecule has 0 aliphatic heterocycles. The Bertz CT molecular complexity index is 809. The van der Waals surface area contributed by atoms with Crippen LogP contribution in [0.1, 0.15) is 28.3 Å². The van der Waals surface area contributed by atoms with Crippen molar-refractivity contribution in [1.82, 2.24) is 5.32 Å². The molecule has 24 heavy (non-hydrogen) atoms. The molecule has 0 aliphatic carbocycles. The number of hydrogen-bond donors (Lipinski definition) is 1. The minimum absolute atomic E-state index is 0.00557. The van der Waals surface area contributed by atoms with Crippen LogP contribution in [0, 0.1) is 18.8 Å². The zero-order valence-corrected chi connectivity index (χ0v) is 13.9. The summed E-state index contributed by atoms with van der Waals surface area (Å²) in [6, 6.07) is 29.1. The van der Waals surface area contributed by atoms with Crippen molar-refractivity contribution in [3.8, 4) is 11.8 Å². The second-order valence-corrected chi connectivity index (χ2v) is 5.85. The highest BCUT2D eigenvalue weighted by molar-refractivity contribution is 5.38. The highest BCUT2D eigenvalue weighted by Gasteiger charge is 2.07. The molecule has 1 heteroatoms. The Morgan fingerprint density at radius 3 is 2.08 bits per heavy atom. The summed E-state index contributed by atoms with van der Waals surface area (Å²) in [5.74, 6) is 6.66. The summed E-state index contributed by atoms with van der Waals surface area (Å²) in [6.07, 6.45) is 0. The minimum Gasteiger partial charge on any atom is -0.296 e. The topological polar surface area (TPSA) is 12.0 Å². The van der Waals surface area contributed by atoms with Gasteiger partial charge in [0.2, 0.25) is 0 Å². The van der Waals surface area contributed by atoms with E-state index in [0.717, 1.165) is 12.1 Å². The van der Waals surface area contributed by atoms with Gasteiger partial charge < -0.3 is 0 Å². The molecule has 3 aromatic rings. The number of benzene rings is 3. The molecule has 1 N–H and O–H groups in total. The monoisotopic (exact) mass is 311 g/mol. The molecule has 0 aromatic heterocycles. The van der Waals surface area contributed by atoms with E-state index in [0.29, 0.717) is 0 Å². The highest BCUT2D eigenvalue weighted by atomic mass is 14.9. The van der Waals surface area contributed by atoms with Crippen LogP contribution in [0.15, 0.2) is 84.9 Å². The van der Waals surface area contributed by atoms with E-state index in [1.165, 1.54) is 16.7 Å². The summed E-state index contributed by atoms with van der Waals surface area (Å²) in [4.78, 5) is 0. The summed E-state index contributed by atoms with van der Waals surface area (Å²) >= 11 is 0. The predicted molar refractivity (Wildman–Crippen MR) is 101 cm³/mol. The first kappa shape index (κ1) is 16.1. The lowest BCUT2D eigenvalue weighted by molar-refractivity contribution is 0.636. The third-order valence-electron chi connectivity index (χ3n) is 3.90. The average molecular weight is 311 g/mol. The molecule has 0 radical (unpaired) electrons. The third-order valence-corrected chi connectivity index (χ3v) is 3.90. The molecule has 3 rings (SSSR count). The van der Waals surface area contributed by atoms with E-state index >= 15 is 0 Å². The van der Waals surface area contributed by atoms with Gasteiger partial charge in [0, 0.05) is 12.1 Å². The van der Waals surface area contributed by atoms with Crippen molar-refractivity contribution in [2.75, 3.05) is 0 Å². The van der Waals surface area contributed by atoms with E-state index in [1.807, 2.05) is 36.4 Å². The molecule has 0 saturated heterocycles. The van der Waals surface area contributed by atoms with Gasteiger partial charge in [0.15, 0.2) is 0 Å². The van der Waals surface area contributed by atoms with Crippen LogP contribution in [-0.4, -0.2) is 0 Å². The zero-order chi connectivity index (χ0) is 16.6. The normalized spacial score (nSPS) is 11.4. The van der Waals surface area contributed by atoms with Crippen LogP contribution in [0.25, 0.3) is 0 Å². The van der Waals surface area contributed by atoms with Crippen LogP contribution in [0.5, 0.6) is 0 Å². The van der Waals surface area contributed by atoms with Crippen molar-refractivity contribution in [2.24, 2.45) is 0 Å². The smallest absolute Gasteiger partial charge is 0.0952 e. The highest BCUT2D eigenvalue weighted by Crippen LogP contribution is 2.14. The number of nitrogens with one attached hydrogen (secondary N) is 1. The van der Waals surface area contributed by atoms with E-state index in [-0.39, 0.29) is 6.04 Å². The summed E-state index contributed by atoms with van der Waals surface area (Å²) in [7, 11) is 0. The van der Waals surface area contributed by atoms with Crippen LogP contribution in [0.4, 0.5) is 0 Å². The van der Waals surface area contributed by atoms with E-state index in [1.54, 1.807) is 0 Å². The Labute approximate surface area is 144 Å². The standard InChI is InChI=1S/C23H21N/c1-19-12-15-22(16-13-19)23(17-14-20-8-4-2-5-9-20)24-18-21-10-6-3-7-11-21/h2-13,15-16,23-24H,18H2,1H3. The fraction of sp³-hybridized carbons (Fsp3) is 0.130. The van der Waals surface area contributed by atoms with Crippen LogP contribution >= 0.6 is 0 Å². The van der Waals surface area contributed by atoms with Gasteiger partial charge in [0.25, 0.3) is 0 Å². The SMILES string of the molecule is Cc1ccc(C(C#Cc2ccccc2)NCc2ccccc2)cc1. The third kappa shape index (κ3) is 4.59. The van der Waals surface area contributed by atoms with Crippen molar-refractivity contribution in [3.05, 3.63) is 107 Å². The van der Waals surface area contributed by atoms with Crippen molar-refractivity contribution >= 4 is 0 Å². The van der Waals surface area contributed by atoms with E-state index in [4.69, 9.17) is 0 Å². The molecule has 1 unspecified atom stereocenters. The van der Waals surface area contributed by atoms with Crippen molar-refractivity contribution in [2.45, 2.75) is 19.5 Å². The maximum atomic E-state index is 3.57. The lowest BCUT2D eigenvalue weighted by Gasteiger charge is -2.14. The molecule has 0 heterocycles. The van der Waals surface area contributed by atoms with Crippen LogP contribution in [-0.2, 0) is 6.54 Å². The summed E-state index contributed by atoms with van der Waals surface area (Å²) in [6.45, 7) is 2.90. The number of rotatable bonds is 4. The van der Waals surface area contributed by atoms with Gasteiger partial charge in [-0.25, -0.2) is 0 Å². The van der Waals surface area contributed by atoms with Crippen molar-refractivity contribution in [1.29, 1.82) is 0 Å². The Kier molecular flexibility index (Phi) is 5.45. The Balaban J connectivity index is 1.81. The van der Waals surface area contributed by atoms with Gasteiger partial charge in [-0.1, -0.05) is 90.2 Å². The lowest BCUT2D eigenvalue weighted by atomic mass is 10.0. The van der Waals surface area contributed by atoms with Gasteiger partial charge >= 0.3 is 0 Å². The molecular weight excluding hydrogens is 290 g/mol. The first-order valence-electron chi connectivity index (χ1n) is 8.22. The average Bonchev–Trinajstić information content (AvgIpc) is 2.64. The molecular formula is C23H21N. The first-order chi connectivity index (χ1) is 11.8. The van der Waals surface area contributed by atoms with Crippen molar-refractivity contribution in [3.63, 3.8) is 0 Å². The second-order valence-electron chi connectivity index (χ2n) is 5.85. The van der Waals surface area contributed by atoms with E-state index < -0.39 is 0 Å². The zero-order valence-electron chi connectivity index (χ0n) is 13.9. The van der Waals surface area contributed by atoms with Crippen LogP contribution in [0.3, 0.4) is 0 Å². The molecule has 1 nitrogen and oxygen atoms in total. The quantitative estimate of drug-likeness (QED) is 0.677. The minimum atomic E-state index is 0.00557. The van der Waals surface area contributed by atoms with Gasteiger partial charge in [0.1, 0.15) is 0 Å². The molecule has 1 atom stereocenters. The molecule has 0 amide bonds. The Morgan fingerprint density at radius 2 is 1.42 bits per heavy atom. The van der Waals surface area contributed by atoms with Gasteiger partial charge in [-0.2, -0.15) is 0 Å². The molecule has 0 aliphatic rings. The van der Waals surface area contributed by atoms with Gasteiger partial charge in [0.05, 0.1) is 6.04 Å². The molecule has 0 fully saturated rings. The van der Waals surface area contributed by atoms with E-state index in [9.17, 15) is 0 Å². The molecule has 3 aromatic carbocycles. The predicted octanol–water partition coefficient (Wildman–Crippen LogP) is 4.88. The van der Waals surface area contributed by atoms with Gasteiger partial charge in [-0.15, -0.1) is 0 Å². The van der Waals surface area contributed by atoms with Crippen LogP contribution in [0.2, 0.25) is 0 Å². The maximum Gasteiger partial charge on any atom is 0.0952 e. The van der Waals surface area contributed by atoms with Gasteiger partial charge in [-0.3, -0.25) is 5.32 Å². The number of hydrogen-bond acceptors (Lipinski definition) is 1. The molecule has 118 valence electrons. The fourth-order valence-electron chi connectivity index (χ4n) is 2.50. The maximum absolute atomic E-state index is 3.57. The van der Waals surface area contributed by atoms with Crippen molar-refractivity contribution < 1.29 is 0 Å². The Morgan fingerprint density at radius 1 is 0.792 bits per heavy atom. The Hall–Kier alpha value is -2.82. The van der Waals surface area contributed by atoms with Gasteiger partial charge in [-0.05, 0) is 30.2 Å². The molecule has 0 saturated carbocycles. The summed E-state index contributed by atoms with van der Waals surface area (Å²) in [5.41, 5.74) is 4.75. The first-order valence-corrected chi connectivity index (χ1v) is 8.22.